The molecule has 3 aromatic heterocycles. The lowest BCUT2D eigenvalue weighted by atomic mass is 9.34. The van der Waals surface area contributed by atoms with Crippen LogP contribution in [0.4, 0.5) is 0 Å². The van der Waals surface area contributed by atoms with Crippen LogP contribution in [0.1, 0.15) is 52.7 Å². The molecule has 0 aliphatic carbocycles. The number of benzene rings is 8. The zero-order chi connectivity index (χ0) is 48.2. The molecule has 0 bridgehead atoms. The van der Waals surface area contributed by atoms with E-state index in [4.69, 9.17) is 34.6 Å². The second kappa shape index (κ2) is 16.0. The van der Waals surface area contributed by atoms with Gasteiger partial charge in [-0.25, -0.2) is 29.9 Å². The van der Waals surface area contributed by atoms with Crippen molar-refractivity contribution in [3.63, 3.8) is 0 Å². The molecule has 0 saturated carbocycles. The Morgan fingerprint density at radius 2 is 0.845 bits per heavy atom. The highest BCUT2D eigenvalue weighted by Crippen LogP contribution is 2.43. The molecule has 0 fully saturated rings. The van der Waals surface area contributed by atoms with Gasteiger partial charge in [0.1, 0.15) is 11.5 Å². The summed E-state index contributed by atoms with van der Waals surface area (Å²) in [6, 6.07) is 63.3. The molecule has 8 aromatic carbocycles. The van der Waals surface area contributed by atoms with Crippen LogP contribution in [0.2, 0.25) is 0 Å². The van der Waals surface area contributed by atoms with E-state index in [1.165, 1.54) is 11.1 Å². The van der Waals surface area contributed by atoms with Crippen molar-refractivity contribution in [3.05, 3.63) is 193 Å². The number of hydrogen-bond acceptors (Lipinski definition) is 7. The Bertz CT molecular complexity index is 3800. The Morgan fingerprint density at radius 3 is 1.34 bits per heavy atom. The predicted molar refractivity (Wildman–Crippen MR) is 289 cm³/mol. The molecule has 0 radical (unpaired) electrons. The third kappa shape index (κ3) is 7.22. The van der Waals surface area contributed by atoms with Crippen LogP contribution in [-0.4, -0.2) is 41.2 Å². The van der Waals surface area contributed by atoms with Gasteiger partial charge in [-0.2, -0.15) is 0 Å². The van der Waals surface area contributed by atoms with Crippen molar-refractivity contribution in [2.24, 2.45) is 0 Å². The Kier molecular flexibility index (Phi) is 9.59. The summed E-state index contributed by atoms with van der Waals surface area (Å²) in [5.41, 5.74) is 14.4. The first-order chi connectivity index (χ1) is 34.4. The van der Waals surface area contributed by atoms with E-state index in [2.05, 4.69) is 131 Å². The average Bonchev–Trinajstić information content (AvgIpc) is 3.73. The lowest BCUT2D eigenvalue weighted by Gasteiger charge is -2.36. The Hall–Kier alpha value is -8.56. The molecule has 5 heterocycles. The third-order valence-electron chi connectivity index (χ3n) is 14.0. The average molecular weight is 918 g/mol. The van der Waals surface area contributed by atoms with Gasteiger partial charge in [0.15, 0.2) is 34.9 Å². The summed E-state index contributed by atoms with van der Waals surface area (Å²) in [6.45, 7) is 13.5. The fraction of sp³-hybridized carbons (Fsp3) is 0.129. The number of fused-ring (bicyclic) bond motifs is 7. The molecule has 0 atom stereocenters. The van der Waals surface area contributed by atoms with Crippen molar-refractivity contribution in [3.8, 4) is 85.5 Å². The Balaban J connectivity index is 1.13. The van der Waals surface area contributed by atoms with Gasteiger partial charge >= 0.3 is 0 Å². The summed E-state index contributed by atoms with van der Waals surface area (Å²) in [5, 5.41) is 2.13. The van der Waals surface area contributed by atoms with Gasteiger partial charge in [0.25, 0.3) is 6.71 Å². The van der Waals surface area contributed by atoms with Crippen molar-refractivity contribution >= 4 is 44.9 Å². The summed E-state index contributed by atoms with van der Waals surface area (Å²) in [7, 11) is 0. The van der Waals surface area contributed by atoms with Crippen LogP contribution in [0.5, 0.6) is 11.5 Å². The third-order valence-corrected chi connectivity index (χ3v) is 14.0. The Morgan fingerprint density at radius 1 is 0.380 bits per heavy atom. The number of hydrogen-bond donors (Lipinski definition) is 0. The zero-order valence-electron chi connectivity index (χ0n) is 40.4. The second-order valence-corrected chi connectivity index (χ2v) is 20.8. The largest absolute Gasteiger partial charge is 0.458 e. The van der Waals surface area contributed by atoms with E-state index in [-0.39, 0.29) is 17.5 Å². The number of ether oxygens (including phenoxy) is 1. The van der Waals surface area contributed by atoms with E-state index in [1.54, 1.807) is 0 Å². The molecule has 0 spiro atoms. The minimum atomic E-state index is -0.159. The molecule has 71 heavy (non-hydrogen) atoms. The van der Waals surface area contributed by atoms with Gasteiger partial charge in [0, 0.05) is 55.4 Å². The van der Waals surface area contributed by atoms with Crippen molar-refractivity contribution < 1.29 is 4.74 Å². The molecule has 0 amide bonds. The maximum atomic E-state index is 7.08. The summed E-state index contributed by atoms with van der Waals surface area (Å²) in [5.74, 6) is 5.38. The number of nitrogens with zero attached hydrogens (tertiary/aromatic N) is 7. The highest BCUT2D eigenvalue weighted by molar-refractivity contribution is 6.99. The molecular formula is C62H48BN7O. The first-order valence-electron chi connectivity index (χ1n) is 24.3. The summed E-state index contributed by atoms with van der Waals surface area (Å²) >= 11 is 0. The lowest BCUT2D eigenvalue weighted by molar-refractivity contribution is 0.482. The minimum Gasteiger partial charge on any atom is -0.458 e. The van der Waals surface area contributed by atoms with Gasteiger partial charge in [-0.1, -0.05) is 181 Å². The molecule has 8 nitrogen and oxygen atoms in total. The zero-order valence-corrected chi connectivity index (χ0v) is 40.4. The van der Waals surface area contributed by atoms with Gasteiger partial charge in [-0.05, 0) is 80.8 Å². The van der Waals surface area contributed by atoms with Gasteiger partial charge in [-0.3, -0.25) is 0 Å². The van der Waals surface area contributed by atoms with E-state index in [0.29, 0.717) is 34.9 Å². The van der Waals surface area contributed by atoms with Crippen LogP contribution in [0, 0.1) is 0 Å². The normalized spacial score (nSPS) is 12.7. The van der Waals surface area contributed by atoms with Gasteiger partial charge < -0.3 is 9.30 Å². The Labute approximate surface area is 413 Å². The van der Waals surface area contributed by atoms with E-state index in [1.807, 2.05) is 97.1 Å². The van der Waals surface area contributed by atoms with Crippen molar-refractivity contribution in [1.82, 2.24) is 34.5 Å². The first-order valence-corrected chi connectivity index (χ1v) is 24.3. The fourth-order valence-electron chi connectivity index (χ4n) is 10.3. The molecule has 0 saturated heterocycles. The van der Waals surface area contributed by atoms with Crippen LogP contribution in [0.25, 0.3) is 95.8 Å². The smallest absolute Gasteiger partial charge is 0.256 e. The minimum absolute atomic E-state index is 0.0896. The van der Waals surface area contributed by atoms with E-state index in [9.17, 15) is 0 Å². The molecule has 340 valence electrons. The van der Waals surface area contributed by atoms with E-state index >= 15 is 0 Å². The van der Waals surface area contributed by atoms with Crippen LogP contribution >= 0.6 is 0 Å². The molecule has 2 aliphatic heterocycles. The van der Waals surface area contributed by atoms with E-state index < -0.39 is 0 Å². The van der Waals surface area contributed by atoms with Crippen molar-refractivity contribution in [1.29, 1.82) is 0 Å². The van der Waals surface area contributed by atoms with Gasteiger partial charge in [0.2, 0.25) is 0 Å². The molecule has 9 heteroatoms. The number of rotatable bonds is 6. The van der Waals surface area contributed by atoms with E-state index in [0.717, 1.165) is 88.8 Å². The lowest BCUT2D eigenvalue weighted by Crippen LogP contribution is -2.58. The van der Waals surface area contributed by atoms with Gasteiger partial charge in [-0.15, -0.1) is 0 Å². The van der Waals surface area contributed by atoms with Crippen molar-refractivity contribution in [2.45, 2.75) is 52.4 Å². The molecule has 13 rings (SSSR count). The SMILES string of the molecule is CC(C)(C)c1ccc2c(c1)B1c3c(cc(C(C)(C)C)cc3-n3c4ccc(-c5nc(-c6ccccc6)nc(-c6ccccc6)n5)cc4c4cc(-c5nc(-c6ccccc6)nc(-c6ccccc6)n5)cc1c43)O2. The van der Waals surface area contributed by atoms with Gasteiger partial charge in [0.05, 0.1) is 5.52 Å². The summed E-state index contributed by atoms with van der Waals surface area (Å²) in [6.07, 6.45) is 0. The molecule has 0 N–H and O–H groups in total. The monoisotopic (exact) mass is 917 g/mol. The maximum Gasteiger partial charge on any atom is 0.256 e. The van der Waals surface area contributed by atoms with Crippen LogP contribution in [0.3, 0.4) is 0 Å². The molecular weight excluding hydrogens is 870 g/mol. The fourth-order valence-corrected chi connectivity index (χ4v) is 10.3. The highest BCUT2D eigenvalue weighted by atomic mass is 16.5. The molecule has 11 aromatic rings. The van der Waals surface area contributed by atoms with Crippen molar-refractivity contribution in [2.75, 3.05) is 0 Å². The number of aromatic nitrogens is 7. The topological polar surface area (TPSA) is 91.5 Å². The molecule has 2 aliphatic rings. The quantitative estimate of drug-likeness (QED) is 0.153. The maximum absolute atomic E-state index is 7.08. The predicted octanol–water partition coefficient (Wildman–Crippen LogP) is 12.7. The second-order valence-electron chi connectivity index (χ2n) is 20.8. The van der Waals surface area contributed by atoms with Crippen LogP contribution < -0.4 is 21.1 Å². The molecule has 0 unspecified atom stereocenters. The highest BCUT2D eigenvalue weighted by Gasteiger charge is 2.42. The van der Waals surface area contributed by atoms with Crippen LogP contribution in [0.15, 0.2) is 182 Å². The van der Waals surface area contributed by atoms with Crippen LogP contribution in [-0.2, 0) is 10.8 Å². The summed E-state index contributed by atoms with van der Waals surface area (Å²) in [4.78, 5) is 31.1. The first kappa shape index (κ1) is 42.5. The standard InChI is InChI=1S/C62H48BN7O/c1-61(2,3)43-28-30-51-47(34-43)63-48-33-42(60-68-57(39-23-15-9-16-24-39)65-58(69-60)40-25-17-10-18-26-40)32-46-45-31-41(59-66-55(37-19-11-7-12-20-37)64-56(67-59)38-21-13-8-14-22-38)27-29-49(45)70(54(46)48)50-35-44(62(4,5)6)36-52(71-51)53(50)63/h7-36H,1-6H3. The summed E-state index contributed by atoms with van der Waals surface area (Å²) < 4.78 is 9.54.